The summed E-state index contributed by atoms with van der Waals surface area (Å²) in [5.41, 5.74) is 0.204. The zero-order valence-corrected chi connectivity index (χ0v) is 10.8. The van der Waals surface area contributed by atoms with Crippen molar-refractivity contribution in [2.75, 3.05) is 20.6 Å². The molecule has 0 rings (SSSR count). The fraction of sp³-hybridized carbons (Fsp3) is 0.833. The van der Waals surface area contributed by atoms with E-state index in [1.165, 1.54) is 0 Å². The van der Waals surface area contributed by atoms with Crippen LogP contribution in [0.25, 0.3) is 0 Å². The van der Waals surface area contributed by atoms with Crippen molar-refractivity contribution in [1.29, 1.82) is 0 Å². The Labute approximate surface area is 89.6 Å². The molecule has 0 heterocycles. The highest BCUT2D eigenvalue weighted by molar-refractivity contribution is 4.87. The summed E-state index contributed by atoms with van der Waals surface area (Å²) in [4.78, 5) is 4.46. The molecule has 0 aromatic carbocycles. The molecule has 0 amide bonds. The second kappa shape index (κ2) is 5.28. The third kappa shape index (κ3) is 5.90. The van der Waals surface area contributed by atoms with Crippen LogP contribution in [0.1, 0.15) is 34.6 Å². The van der Waals surface area contributed by atoms with Crippen molar-refractivity contribution in [2.24, 2.45) is 5.92 Å². The SMILES string of the molecule is CC(C)CN(C)/C=C\N(C)C(C)(C)C. The summed E-state index contributed by atoms with van der Waals surface area (Å²) in [5.74, 6) is 0.713. The van der Waals surface area contributed by atoms with Gasteiger partial charge in [0.15, 0.2) is 0 Å². The van der Waals surface area contributed by atoms with Gasteiger partial charge in [-0.25, -0.2) is 0 Å². The fourth-order valence-corrected chi connectivity index (χ4v) is 1.07. The van der Waals surface area contributed by atoms with E-state index in [2.05, 4.69) is 70.9 Å². The molecule has 2 nitrogen and oxygen atoms in total. The van der Waals surface area contributed by atoms with Crippen LogP contribution in [-0.2, 0) is 0 Å². The molecule has 0 atom stereocenters. The minimum absolute atomic E-state index is 0.204. The molecule has 0 radical (unpaired) electrons. The van der Waals surface area contributed by atoms with Crippen LogP contribution < -0.4 is 0 Å². The van der Waals surface area contributed by atoms with Gasteiger partial charge in [-0.1, -0.05) is 13.8 Å². The van der Waals surface area contributed by atoms with Crippen molar-refractivity contribution in [3.8, 4) is 0 Å². The molecule has 0 aromatic heterocycles. The lowest BCUT2D eigenvalue weighted by atomic mass is 10.1. The van der Waals surface area contributed by atoms with E-state index in [4.69, 9.17) is 0 Å². The fourth-order valence-electron chi connectivity index (χ4n) is 1.07. The second-order valence-corrected chi connectivity index (χ2v) is 5.41. The van der Waals surface area contributed by atoms with Crippen LogP contribution in [0.3, 0.4) is 0 Å². The number of hydrogen-bond acceptors (Lipinski definition) is 2. The zero-order chi connectivity index (χ0) is 11.4. The maximum absolute atomic E-state index is 2.23. The first-order valence-electron chi connectivity index (χ1n) is 5.35. The summed E-state index contributed by atoms with van der Waals surface area (Å²) >= 11 is 0. The van der Waals surface area contributed by atoms with Crippen molar-refractivity contribution in [3.05, 3.63) is 12.4 Å². The summed E-state index contributed by atoms with van der Waals surface area (Å²) in [6.07, 6.45) is 4.29. The number of nitrogens with zero attached hydrogens (tertiary/aromatic N) is 2. The quantitative estimate of drug-likeness (QED) is 0.685. The molecule has 0 N–H and O–H groups in total. The van der Waals surface area contributed by atoms with Crippen LogP contribution in [0, 0.1) is 5.92 Å². The smallest absolute Gasteiger partial charge is 0.0309 e. The lowest BCUT2D eigenvalue weighted by molar-refractivity contribution is 0.244. The van der Waals surface area contributed by atoms with Crippen LogP contribution in [-0.4, -0.2) is 36.0 Å². The molecule has 0 aliphatic heterocycles. The first-order valence-corrected chi connectivity index (χ1v) is 5.35. The number of rotatable bonds is 4. The monoisotopic (exact) mass is 198 g/mol. The van der Waals surface area contributed by atoms with E-state index in [9.17, 15) is 0 Å². The van der Waals surface area contributed by atoms with E-state index in [0.717, 1.165) is 6.54 Å². The van der Waals surface area contributed by atoms with Gasteiger partial charge in [0, 0.05) is 38.6 Å². The topological polar surface area (TPSA) is 6.48 Å². The van der Waals surface area contributed by atoms with E-state index in [-0.39, 0.29) is 5.54 Å². The Hall–Kier alpha value is -0.660. The van der Waals surface area contributed by atoms with Gasteiger partial charge in [-0.3, -0.25) is 0 Å². The number of hydrogen-bond donors (Lipinski definition) is 0. The van der Waals surface area contributed by atoms with Crippen molar-refractivity contribution >= 4 is 0 Å². The van der Waals surface area contributed by atoms with Gasteiger partial charge in [0.05, 0.1) is 0 Å². The summed E-state index contributed by atoms with van der Waals surface area (Å²) in [6, 6.07) is 0. The Morgan fingerprint density at radius 3 is 1.93 bits per heavy atom. The second-order valence-electron chi connectivity index (χ2n) is 5.41. The van der Waals surface area contributed by atoms with Crippen molar-refractivity contribution in [1.82, 2.24) is 9.80 Å². The molecule has 84 valence electrons. The van der Waals surface area contributed by atoms with Gasteiger partial charge in [-0.2, -0.15) is 0 Å². The minimum atomic E-state index is 0.204. The van der Waals surface area contributed by atoms with Gasteiger partial charge in [-0.05, 0) is 26.7 Å². The predicted molar refractivity (Wildman–Crippen MR) is 64.1 cm³/mol. The normalized spacial score (nSPS) is 12.6. The first-order chi connectivity index (χ1) is 6.23. The molecule has 0 fully saturated rings. The third-order valence-corrected chi connectivity index (χ3v) is 2.26. The van der Waals surface area contributed by atoms with Gasteiger partial charge < -0.3 is 9.80 Å². The van der Waals surface area contributed by atoms with E-state index < -0.39 is 0 Å². The molecular formula is C12H26N2. The molecule has 0 aliphatic rings. The van der Waals surface area contributed by atoms with E-state index in [0.29, 0.717) is 5.92 Å². The van der Waals surface area contributed by atoms with E-state index in [1.807, 2.05) is 0 Å². The molecular weight excluding hydrogens is 172 g/mol. The summed E-state index contributed by atoms with van der Waals surface area (Å²) in [6.45, 7) is 12.2. The molecule has 0 saturated carbocycles. The van der Waals surface area contributed by atoms with Crippen molar-refractivity contribution in [2.45, 2.75) is 40.2 Å². The van der Waals surface area contributed by atoms with Gasteiger partial charge in [0.2, 0.25) is 0 Å². The van der Waals surface area contributed by atoms with Crippen LogP contribution in [0.4, 0.5) is 0 Å². The third-order valence-electron chi connectivity index (χ3n) is 2.26. The molecule has 2 heteroatoms. The first kappa shape index (κ1) is 13.3. The van der Waals surface area contributed by atoms with E-state index in [1.54, 1.807) is 0 Å². The predicted octanol–water partition coefficient (Wildman–Crippen LogP) is 2.78. The summed E-state index contributed by atoms with van der Waals surface area (Å²) in [7, 11) is 4.23. The standard InChI is InChI=1S/C12H26N2/c1-11(2)10-13(6)8-9-14(7)12(3,4)5/h8-9,11H,10H2,1-7H3/b9-8-. The molecule has 0 bridgehead atoms. The van der Waals surface area contributed by atoms with Gasteiger partial charge in [0.1, 0.15) is 0 Å². The minimum Gasteiger partial charge on any atom is -0.379 e. The van der Waals surface area contributed by atoms with Gasteiger partial charge in [-0.15, -0.1) is 0 Å². The van der Waals surface area contributed by atoms with Crippen LogP contribution in [0.5, 0.6) is 0 Å². The largest absolute Gasteiger partial charge is 0.379 e. The molecule has 14 heavy (non-hydrogen) atoms. The highest BCUT2D eigenvalue weighted by Gasteiger charge is 2.12. The Kier molecular flexibility index (Phi) is 5.03. The van der Waals surface area contributed by atoms with Crippen molar-refractivity contribution < 1.29 is 0 Å². The molecule has 0 aliphatic carbocycles. The Morgan fingerprint density at radius 2 is 1.57 bits per heavy atom. The lowest BCUT2D eigenvalue weighted by Gasteiger charge is -2.31. The highest BCUT2D eigenvalue weighted by atomic mass is 15.2. The highest BCUT2D eigenvalue weighted by Crippen LogP contribution is 2.10. The van der Waals surface area contributed by atoms with Crippen LogP contribution in [0.15, 0.2) is 12.4 Å². The Balaban J connectivity index is 4.04. The maximum Gasteiger partial charge on any atom is 0.0309 e. The van der Waals surface area contributed by atoms with Crippen LogP contribution >= 0.6 is 0 Å². The molecule has 0 spiro atoms. The maximum atomic E-state index is 2.23. The van der Waals surface area contributed by atoms with E-state index >= 15 is 0 Å². The van der Waals surface area contributed by atoms with Gasteiger partial charge >= 0.3 is 0 Å². The molecule has 0 saturated heterocycles. The summed E-state index contributed by atoms with van der Waals surface area (Å²) < 4.78 is 0. The average Bonchev–Trinajstić information content (AvgIpc) is 1.96. The zero-order valence-electron chi connectivity index (χ0n) is 10.8. The Morgan fingerprint density at radius 1 is 1.07 bits per heavy atom. The lowest BCUT2D eigenvalue weighted by Crippen LogP contribution is -2.34. The molecule has 0 unspecified atom stereocenters. The van der Waals surface area contributed by atoms with Gasteiger partial charge in [0.25, 0.3) is 0 Å². The average molecular weight is 198 g/mol. The molecule has 0 aromatic rings. The van der Waals surface area contributed by atoms with Crippen molar-refractivity contribution in [3.63, 3.8) is 0 Å². The van der Waals surface area contributed by atoms with Crippen LogP contribution in [0.2, 0.25) is 0 Å². The summed E-state index contributed by atoms with van der Waals surface area (Å²) in [5, 5.41) is 0. The Bertz CT molecular complexity index is 177.